The van der Waals surface area contributed by atoms with E-state index in [1.165, 1.54) is 24.3 Å². The Bertz CT molecular complexity index is 1270. The van der Waals surface area contributed by atoms with Crippen molar-refractivity contribution in [3.05, 3.63) is 102 Å². The number of hydrogen-bond acceptors (Lipinski definition) is 5. The third-order valence-electron chi connectivity index (χ3n) is 5.46. The summed E-state index contributed by atoms with van der Waals surface area (Å²) in [5, 5.41) is 16.7. The van der Waals surface area contributed by atoms with Crippen molar-refractivity contribution in [2.75, 3.05) is 13.7 Å². The Morgan fingerprint density at radius 3 is 2.59 bits per heavy atom. The lowest BCUT2D eigenvalue weighted by molar-refractivity contribution is -0.385. The third-order valence-corrected chi connectivity index (χ3v) is 6.26. The highest BCUT2D eigenvalue weighted by atomic mass is 79.9. The lowest BCUT2D eigenvalue weighted by atomic mass is 9.95. The van der Waals surface area contributed by atoms with Gasteiger partial charge in [-0.25, -0.2) is 4.39 Å². The number of methoxy groups -OCH3 is 1. The fourth-order valence-corrected chi connectivity index (χ4v) is 4.70. The first-order valence-electron chi connectivity index (χ1n) is 10.4. The van der Waals surface area contributed by atoms with Crippen LogP contribution in [0.1, 0.15) is 35.2 Å². The van der Waals surface area contributed by atoms with Crippen LogP contribution in [-0.2, 0) is 11.4 Å². The lowest BCUT2D eigenvalue weighted by Crippen LogP contribution is -2.29. The number of nitro groups is 1. The van der Waals surface area contributed by atoms with Crippen LogP contribution in [0.4, 0.5) is 10.1 Å². The molecule has 1 unspecified atom stereocenters. The zero-order chi connectivity index (χ0) is 24.4. The van der Waals surface area contributed by atoms with Gasteiger partial charge in [-0.1, -0.05) is 44.8 Å². The van der Waals surface area contributed by atoms with E-state index < -0.39 is 16.8 Å². The molecule has 3 aromatic rings. The first-order chi connectivity index (χ1) is 16.3. The van der Waals surface area contributed by atoms with E-state index in [-0.39, 0.29) is 10.7 Å². The lowest BCUT2D eigenvalue weighted by Gasteiger charge is -2.28. The summed E-state index contributed by atoms with van der Waals surface area (Å²) in [4.78, 5) is 18.8. The SMILES string of the molecule is CCO/N=C1\c2cc(Br)cc([N+](=O)[O-])c2C(c2cc(F)ccc2Cl)N1Cc1ccc(OC)cc1. The molecule has 0 N–H and O–H groups in total. The quantitative estimate of drug-likeness (QED) is 0.250. The summed E-state index contributed by atoms with van der Waals surface area (Å²) >= 11 is 9.87. The topological polar surface area (TPSA) is 77.2 Å². The third kappa shape index (κ3) is 4.58. The second-order valence-electron chi connectivity index (χ2n) is 7.52. The standard InChI is InChI=1S/C24H20BrClFN3O4/c1-3-34-28-24-19-10-15(25)11-21(30(31)32)22(19)23(18-12-16(27)6-9-20(18)26)29(24)13-14-4-7-17(33-2)8-5-14/h4-12,23H,3,13H2,1-2H3/b28-24+. The van der Waals surface area contributed by atoms with E-state index in [4.69, 9.17) is 21.2 Å². The van der Waals surface area contributed by atoms with E-state index in [0.29, 0.717) is 45.9 Å². The zero-order valence-corrected chi connectivity index (χ0v) is 20.6. The van der Waals surface area contributed by atoms with Gasteiger partial charge in [-0.15, -0.1) is 0 Å². The highest BCUT2D eigenvalue weighted by Gasteiger charge is 2.43. The first-order valence-corrected chi connectivity index (χ1v) is 11.5. The minimum atomic E-state index is -0.770. The second-order valence-corrected chi connectivity index (χ2v) is 8.84. The van der Waals surface area contributed by atoms with E-state index in [2.05, 4.69) is 21.1 Å². The summed E-state index contributed by atoms with van der Waals surface area (Å²) in [5.74, 6) is 0.587. The Morgan fingerprint density at radius 1 is 1.21 bits per heavy atom. The molecule has 1 aliphatic heterocycles. The first kappa shape index (κ1) is 24.0. The minimum absolute atomic E-state index is 0.129. The predicted molar refractivity (Wildman–Crippen MR) is 131 cm³/mol. The smallest absolute Gasteiger partial charge is 0.276 e. The molecule has 1 atom stereocenters. The van der Waals surface area contributed by atoms with E-state index >= 15 is 0 Å². The average molecular weight is 549 g/mol. The number of fused-ring (bicyclic) bond motifs is 1. The fourth-order valence-electron chi connectivity index (χ4n) is 4.03. The number of hydrogen-bond donors (Lipinski definition) is 0. The predicted octanol–water partition coefficient (Wildman–Crippen LogP) is 6.46. The molecule has 0 fully saturated rings. The van der Waals surface area contributed by atoms with Gasteiger partial charge < -0.3 is 14.5 Å². The molecule has 4 rings (SSSR count). The number of ether oxygens (including phenoxy) is 1. The van der Waals surface area contributed by atoms with Crippen molar-refractivity contribution in [2.45, 2.75) is 19.5 Å². The van der Waals surface area contributed by atoms with Crippen LogP contribution in [0.15, 0.2) is 64.2 Å². The molecule has 0 aliphatic carbocycles. The minimum Gasteiger partial charge on any atom is -0.497 e. The highest BCUT2D eigenvalue weighted by Crippen LogP contribution is 2.47. The summed E-state index contributed by atoms with van der Waals surface area (Å²) in [6, 6.07) is 13.8. The molecule has 10 heteroatoms. The van der Waals surface area contributed by atoms with Crippen LogP contribution in [0.3, 0.4) is 0 Å². The molecule has 0 aromatic heterocycles. The Morgan fingerprint density at radius 2 is 1.94 bits per heavy atom. The molecule has 176 valence electrons. The van der Waals surface area contributed by atoms with Crippen LogP contribution >= 0.6 is 27.5 Å². The Kier molecular flexibility index (Phi) is 7.04. The van der Waals surface area contributed by atoms with Gasteiger partial charge in [0, 0.05) is 33.2 Å². The van der Waals surface area contributed by atoms with Crippen molar-refractivity contribution in [2.24, 2.45) is 5.16 Å². The van der Waals surface area contributed by atoms with Crippen molar-refractivity contribution >= 4 is 39.1 Å². The molecule has 0 spiro atoms. The number of halogens is 3. The van der Waals surface area contributed by atoms with Crippen molar-refractivity contribution in [3.8, 4) is 5.75 Å². The molecule has 3 aromatic carbocycles. The Balaban J connectivity index is 1.97. The monoisotopic (exact) mass is 547 g/mol. The molecule has 1 heterocycles. The molecule has 0 radical (unpaired) electrons. The van der Waals surface area contributed by atoms with Gasteiger partial charge in [-0.05, 0) is 48.9 Å². The van der Waals surface area contributed by atoms with Crippen molar-refractivity contribution in [1.82, 2.24) is 4.90 Å². The van der Waals surface area contributed by atoms with Gasteiger partial charge >= 0.3 is 0 Å². The highest BCUT2D eigenvalue weighted by molar-refractivity contribution is 9.10. The molecule has 0 bridgehead atoms. The van der Waals surface area contributed by atoms with Gasteiger partial charge in [-0.2, -0.15) is 0 Å². The zero-order valence-electron chi connectivity index (χ0n) is 18.3. The van der Waals surface area contributed by atoms with Gasteiger partial charge in [-0.3, -0.25) is 10.1 Å². The van der Waals surface area contributed by atoms with Gasteiger partial charge in [0.15, 0.2) is 5.84 Å². The van der Waals surface area contributed by atoms with Crippen molar-refractivity contribution < 1.29 is 18.9 Å². The molecule has 7 nitrogen and oxygen atoms in total. The van der Waals surface area contributed by atoms with Crippen LogP contribution in [-0.4, -0.2) is 29.4 Å². The van der Waals surface area contributed by atoms with E-state index in [1.807, 2.05) is 29.2 Å². The number of rotatable bonds is 7. The van der Waals surface area contributed by atoms with Crippen LogP contribution < -0.4 is 4.74 Å². The maximum Gasteiger partial charge on any atom is 0.276 e. The van der Waals surface area contributed by atoms with E-state index in [9.17, 15) is 14.5 Å². The molecule has 0 amide bonds. The molecular formula is C24H20BrClFN3O4. The van der Waals surface area contributed by atoms with Crippen LogP contribution in [0.2, 0.25) is 5.02 Å². The van der Waals surface area contributed by atoms with Gasteiger partial charge in [0.25, 0.3) is 5.69 Å². The summed E-state index contributed by atoms with van der Waals surface area (Å²) < 4.78 is 20.1. The van der Waals surface area contributed by atoms with E-state index in [1.54, 1.807) is 20.1 Å². The maximum atomic E-state index is 14.3. The average Bonchev–Trinajstić information content (AvgIpc) is 3.11. The maximum absolute atomic E-state index is 14.3. The van der Waals surface area contributed by atoms with Crippen molar-refractivity contribution in [3.63, 3.8) is 0 Å². The molecule has 0 saturated carbocycles. The molecular weight excluding hydrogens is 529 g/mol. The Hall–Kier alpha value is -3.17. The number of oxime groups is 1. The normalized spacial score (nSPS) is 16.0. The Labute approximate surface area is 209 Å². The molecule has 1 aliphatic rings. The van der Waals surface area contributed by atoms with Crippen LogP contribution in [0.25, 0.3) is 0 Å². The summed E-state index contributed by atoms with van der Waals surface area (Å²) in [7, 11) is 1.58. The fraction of sp³-hybridized carbons (Fsp3) is 0.208. The van der Waals surface area contributed by atoms with Crippen LogP contribution in [0.5, 0.6) is 5.75 Å². The summed E-state index contributed by atoms with van der Waals surface area (Å²) in [5.41, 5.74) is 2.03. The van der Waals surface area contributed by atoms with E-state index in [0.717, 1.165) is 5.56 Å². The molecule has 34 heavy (non-hydrogen) atoms. The number of benzene rings is 3. The van der Waals surface area contributed by atoms with Crippen molar-refractivity contribution in [1.29, 1.82) is 0 Å². The summed E-state index contributed by atoms with van der Waals surface area (Å²) in [6.07, 6.45) is 0. The number of amidine groups is 1. The summed E-state index contributed by atoms with van der Waals surface area (Å²) in [6.45, 7) is 2.39. The largest absolute Gasteiger partial charge is 0.497 e. The molecule has 0 saturated heterocycles. The van der Waals surface area contributed by atoms with Gasteiger partial charge in [0.2, 0.25) is 0 Å². The number of nitro benzene ring substituents is 1. The van der Waals surface area contributed by atoms with Gasteiger partial charge in [0.1, 0.15) is 18.2 Å². The number of nitrogens with zero attached hydrogens (tertiary/aromatic N) is 3. The van der Waals surface area contributed by atoms with Gasteiger partial charge in [0.05, 0.1) is 23.6 Å². The second kappa shape index (κ2) is 9.99. The van der Waals surface area contributed by atoms with Crippen LogP contribution in [0, 0.1) is 15.9 Å².